The van der Waals surface area contributed by atoms with Crippen LogP contribution in [0.2, 0.25) is 5.02 Å². The largest absolute Gasteiger partial charge is 0.358 e. The standard InChI is InChI=1S/C25H30ClN3O2/c1-3-21(29-24(30)16-9-11-17(26)12-10-16)22-19-13-18(14-20(19)22)28-23(25(31)27-2)15-7-5-4-6-8-15/h4-12,18-23,28H,3,13-14H2,1-2H3,(H,27,31)(H,29,30)/t18-,19-,20+,21?,22+,23?. The normalized spacial score (nSPS) is 25.9. The number of carbonyl (C=O) groups excluding carboxylic acids is 2. The molecule has 3 N–H and O–H groups in total. The molecule has 2 unspecified atom stereocenters. The van der Waals surface area contributed by atoms with Gasteiger partial charge in [-0.25, -0.2) is 0 Å². The van der Waals surface area contributed by atoms with E-state index in [4.69, 9.17) is 11.6 Å². The average Bonchev–Trinajstić information content (AvgIpc) is 3.29. The van der Waals surface area contributed by atoms with Crippen LogP contribution < -0.4 is 16.0 Å². The highest BCUT2D eigenvalue weighted by Gasteiger charge is 2.58. The Balaban J connectivity index is 1.34. The van der Waals surface area contributed by atoms with E-state index < -0.39 is 0 Å². The number of hydrogen-bond acceptors (Lipinski definition) is 3. The number of benzene rings is 2. The van der Waals surface area contributed by atoms with Gasteiger partial charge in [0.1, 0.15) is 6.04 Å². The third kappa shape index (κ3) is 4.78. The van der Waals surface area contributed by atoms with Crippen molar-refractivity contribution in [2.24, 2.45) is 17.8 Å². The first kappa shape index (κ1) is 21.8. The van der Waals surface area contributed by atoms with Gasteiger partial charge in [0.2, 0.25) is 5.91 Å². The Morgan fingerprint density at radius 2 is 1.68 bits per heavy atom. The van der Waals surface area contributed by atoms with E-state index >= 15 is 0 Å². The molecule has 6 atom stereocenters. The zero-order valence-corrected chi connectivity index (χ0v) is 18.7. The molecule has 0 aromatic heterocycles. The van der Waals surface area contributed by atoms with Crippen LogP contribution in [0.5, 0.6) is 0 Å². The third-order valence-electron chi connectivity index (χ3n) is 6.88. The number of carbonyl (C=O) groups is 2. The lowest BCUT2D eigenvalue weighted by Crippen LogP contribution is -2.42. The summed E-state index contributed by atoms with van der Waals surface area (Å²) in [4.78, 5) is 25.1. The molecule has 2 aliphatic carbocycles. The first-order valence-corrected chi connectivity index (χ1v) is 11.5. The highest BCUT2D eigenvalue weighted by molar-refractivity contribution is 6.30. The van der Waals surface area contributed by atoms with Crippen molar-refractivity contribution in [2.45, 2.75) is 44.3 Å². The van der Waals surface area contributed by atoms with E-state index in [1.165, 1.54) is 0 Å². The summed E-state index contributed by atoms with van der Waals surface area (Å²) >= 11 is 5.93. The van der Waals surface area contributed by atoms with Crippen LogP contribution in [0.25, 0.3) is 0 Å². The smallest absolute Gasteiger partial charge is 0.251 e. The maximum absolute atomic E-state index is 12.6. The Morgan fingerprint density at radius 1 is 1.03 bits per heavy atom. The number of rotatable bonds is 8. The van der Waals surface area contributed by atoms with E-state index in [1.807, 2.05) is 30.3 Å². The molecule has 2 amide bonds. The predicted molar refractivity (Wildman–Crippen MR) is 123 cm³/mol. The Labute approximate surface area is 188 Å². The second-order valence-corrected chi connectivity index (χ2v) is 9.13. The van der Waals surface area contributed by atoms with Gasteiger partial charge in [-0.3, -0.25) is 14.9 Å². The third-order valence-corrected chi connectivity index (χ3v) is 7.13. The van der Waals surface area contributed by atoms with E-state index in [-0.39, 0.29) is 23.9 Å². The average molecular weight is 440 g/mol. The van der Waals surface area contributed by atoms with Gasteiger partial charge < -0.3 is 10.6 Å². The minimum absolute atomic E-state index is 0.00927. The Morgan fingerprint density at radius 3 is 2.26 bits per heavy atom. The number of nitrogens with one attached hydrogen (secondary N) is 3. The fraction of sp³-hybridized carbons (Fsp3) is 0.440. The van der Waals surface area contributed by atoms with E-state index in [0.717, 1.165) is 24.8 Å². The van der Waals surface area contributed by atoms with Crippen molar-refractivity contribution in [1.82, 2.24) is 16.0 Å². The summed E-state index contributed by atoms with van der Waals surface area (Å²) in [5.74, 6) is 1.69. The molecule has 5 nitrogen and oxygen atoms in total. The molecular formula is C25H30ClN3O2. The lowest BCUT2D eigenvalue weighted by molar-refractivity contribution is -0.123. The van der Waals surface area contributed by atoms with E-state index in [0.29, 0.717) is 34.4 Å². The van der Waals surface area contributed by atoms with Gasteiger partial charge in [0.05, 0.1) is 0 Å². The van der Waals surface area contributed by atoms with Crippen LogP contribution in [0.4, 0.5) is 0 Å². The number of fused-ring (bicyclic) bond motifs is 1. The van der Waals surface area contributed by atoms with Gasteiger partial charge in [0.25, 0.3) is 5.91 Å². The van der Waals surface area contributed by atoms with Crippen LogP contribution in [0, 0.1) is 17.8 Å². The van der Waals surface area contributed by atoms with Crippen LogP contribution in [0.1, 0.15) is 48.1 Å². The van der Waals surface area contributed by atoms with Crippen LogP contribution in [-0.2, 0) is 4.79 Å². The van der Waals surface area contributed by atoms with Gasteiger partial charge in [-0.15, -0.1) is 0 Å². The highest BCUT2D eigenvalue weighted by Crippen LogP contribution is 2.59. The lowest BCUT2D eigenvalue weighted by Gasteiger charge is -2.26. The second-order valence-electron chi connectivity index (χ2n) is 8.69. The molecule has 0 aliphatic heterocycles. The number of halogens is 1. The number of hydrogen-bond donors (Lipinski definition) is 3. The topological polar surface area (TPSA) is 70.2 Å². The molecule has 0 heterocycles. The number of likely N-dealkylation sites (N-methyl/N-ethyl adjacent to an activating group) is 1. The summed E-state index contributed by atoms with van der Waals surface area (Å²) in [6.07, 6.45) is 3.01. The van der Waals surface area contributed by atoms with Gasteiger partial charge in [-0.1, -0.05) is 48.9 Å². The molecule has 2 fully saturated rings. The SMILES string of the molecule is CCC(NC(=O)c1ccc(Cl)cc1)[C@H]1[C@@H]2C[C@@H](NC(C(=O)NC)c3ccccc3)C[C@@H]21. The summed E-state index contributed by atoms with van der Waals surface area (Å²) in [5.41, 5.74) is 1.63. The molecule has 2 saturated carbocycles. The Kier molecular flexibility index (Phi) is 6.63. The molecular weight excluding hydrogens is 410 g/mol. The first-order valence-electron chi connectivity index (χ1n) is 11.1. The van der Waals surface area contributed by atoms with Gasteiger partial charge in [0.15, 0.2) is 0 Å². The number of amides is 2. The van der Waals surface area contributed by atoms with Crippen molar-refractivity contribution < 1.29 is 9.59 Å². The fourth-order valence-corrected chi connectivity index (χ4v) is 5.42. The van der Waals surface area contributed by atoms with E-state index in [2.05, 4.69) is 22.9 Å². The molecule has 0 saturated heterocycles. The Hall–Kier alpha value is -2.37. The summed E-state index contributed by atoms with van der Waals surface area (Å²) < 4.78 is 0. The summed E-state index contributed by atoms with van der Waals surface area (Å²) in [6, 6.07) is 17.1. The molecule has 0 radical (unpaired) electrons. The quantitative estimate of drug-likeness (QED) is 0.583. The van der Waals surface area contributed by atoms with Crippen molar-refractivity contribution in [3.05, 3.63) is 70.7 Å². The first-order chi connectivity index (χ1) is 15.0. The van der Waals surface area contributed by atoms with Crippen LogP contribution in [0.3, 0.4) is 0 Å². The van der Waals surface area contributed by atoms with Gasteiger partial charge in [-0.2, -0.15) is 0 Å². The van der Waals surface area contributed by atoms with Crippen molar-refractivity contribution in [2.75, 3.05) is 7.05 Å². The monoisotopic (exact) mass is 439 g/mol. The molecule has 164 valence electrons. The molecule has 31 heavy (non-hydrogen) atoms. The van der Waals surface area contributed by atoms with Crippen LogP contribution >= 0.6 is 11.6 Å². The van der Waals surface area contributed by atoms with Gasteiger partial charge >= 0.3 is 0 Å². The predicted octanol–water partition coefficient (Wildman–Crippen LogP) is 3.95. The minimum atomic E-state index is -0.335. The summed E-state index contributed by atoms with van der Waals surface area (Å²) in [5, 5.41) is 10.2. The van der Waals surface area contributed by atoms with Crippen molar-refractivity contribution >= 4 is 23.4 Å². The van der Waals surface area contributed by atoms with Crippen molar-refractivity contribution in [3.8, 4) is 0 Å². The zero-order valence-electron chi connectivity index (χ0n) is 18.0. The molecule has 0 spiro atoms. The van der Waals surface area contributed by atoms with Crippen LogP contribution in [-0.4, -0.2) is 30.9 Å². The molecule has 4 rings (SSSR count). The van der Waals surface area contributed by atoms with E-state index in [9.17, 15) is 9.59 Å². The summed E-state index contributed by atoms with van der Waals surface area (Å²) in [6.45, 7) is 2.13. The molecule has 6 heteroatoms. The molecule has 2 aromatic carbocycles. The summed E-state index contributed by atoms with van der Waals surface area (Å²) in [7, 11) is 1.68. The molecule has 0 bridgehead atoms. The van der Waals surface area contributed by atoms with Gasteiger partial charge in [0, 0.05) is 29.7 Å². The molecule has 2 aliphatic rings. The lowest BCUT2D eigenvalue weighted by atomic mass is 9.97. The maximum atomic E-state index is 12.6. The maximum Gasteiger partial charge on any atom is 0.251 e. The second kappa shape index (κ2) is 9.41. The van der Waals surface area contributed by atoms with Gasteiger partial charge in [-0.05, 0) is 66.8 Å². The highest BCUT2D eigenvalue weighted by atomic mass is 35.5. The molecule has 2 aromatic rings. The van der Waals surface area contributed by atoms with Crippen molar-refractivity contribution in [1.29, 1.82) is 0 Å². The Bertz CT molecular complexity index is 906. The van der Waals surface area contributed by atoms with E-state index in [1.54, 1.807) is 31.3 Å². The minimum Gasteiger partial charge on any atom is -0.358 e. The zero-order chi connectivity index (χ0) is 22.0. The van der Waals surface area contributed by atoms with Crippen LogP contribution in [0.15, 0.2) is 54.6 Å². The fourth-order valence-electron chi connectivity index (χ4n) is 5.30. The van der Waals surface area contributed by atoms with Crippen molar-refractivity contribution in [3.63, 3.8) is 0 Å².